The third-order valence-electron chi connectivity index (χ3n) is 17.1. The Morgan fingerprint density at radius 3 is 1.55 bits per heavy atom. The van der Waals surface area contributed by atoms with E-state index in [0.29, 0.717) is 6.42 Å². The zero-order chi connectivity index (χ0) is 70.6. The zero-order valence-corrected chi connectivity index (χ0v) is 59.7. The maximum Gasteiger partial charge on any atom is 0.270 e. The van der Waals surface area contributed by atoms with Gasteiger partial charge in [0.2, 0.25) is 59.1 Å². The molecule has 0 unspecified atom stereocenters. The predicted octanol–water partition coefficient (Wildman–Crippen LogP) is 3.92. The van der Waals surface area contributed by atoms with Crippen LogP contribution in [-0.4, -0.2) is 240 Å². The third-order valence-corrected chi connectivity index (χ3v) is 17.1. The molecule has 12 atom stereocenters. The van der Waals surface area contributed by atoms with E-state index in [1.807, 2.05) is 41.5 Å². The molecule has 0 radical (unpaired) electrons. The van der Waals surface area contributed by atoms with Crippen molar-refractivity contribution in [1.82, 2.24) is 55.6 Å². The van der Waals surface area contributed by atoms with E-state index in [2.05, 4.69) is 27.8 Å². The molecule has 1 heterocycles. The van der Waals surface area contributed by atoms with Crippen molar-refractivity contribution < 1.29 is 67.3 Å². The summed E-state index contributed by atoms with van der Waals surface area (Å²) in [6, 6.07) is -13.1. The topological polar surface area (TPSA) is 297 Å². The number of allylic oxidation sites excluding steroid dienone is 2. The number of rotatable bonds is 19. The van der Waals surface area contributed by atoms with Crippen molar-refractivity contribution in [2.24, 2.45) is 35.5 Å². The van der Waals surface area contributed by atoms with Gasteiger partial charge in [-0.2, -0.15) is 0 Å². The van der Waals surface area contributed by atoms with Crippen LogP contribution in [0.25, 0.3) is 0 Å². The van der Waals surface area contributed by atoms with Gasteiger partial charge in [0.25, 0.3) is 5.91 Å². The number of aliphatic hydroxyl groups excluding tert-OH is 1. The number of aliphatic hydroxyl groups is 1. The number of nitrogens with one attached hydrogen (secondary N) is 4. The highest BCUT2D eigenvalue weighted by Crippen LogP contribution is 2.27. The Labute approximate surface area is 543 Å². The lowest BCUT2D eigenvalue weighted by molar-refractivity contribution is -0.157. The maximum atomic E-state index is 15.3. The molecular formula is C66H117N11O14. The van der Waals surface area contributed by atoms with Gasteiger partial charge >= 0.3 is 0 Å². The Balaban J connectivity index is 4.48. The molecule has 0 spiro atoms. The number of methoxy groups -OCH3 is 1. The highest BCUT2D eigenvalue weighted by molar-refractivity contribution is 6.02. The van der Waals surface area contributed by atoms with Gasteiger partial charge in [0, 0.05) is 62.9 Å². The lowest BCUT2D eigenvalue weighted by Crippen LogP contribution is -2.63. The van der Waals surface area contributed by atoms with Gasteiger partial charge in [-0.25, -0.2) is 0 Å². The molecule has 0 aromatic carbocycles. The van der Waals surface area contributed by atoms with E-state index in [4.69, 9.17) is 9.47 Å². The molecule has 0 aromatic rings. The molecule has 1 aliphatic heterocycles. The first-order chi connectivity index (χ1) is 42.0. The van der Waals surface area contributed by atoms with Crippen LogP contribution < -0.4 is 21.3 Å². The summed E-state index contributed by atoms with van der Waals surface area (Å²) in [7, 11) is 11.1. The summed E-state index contributed by atoms with van der Waals surface area (Å²) >= 11 is 0. The number of likely N-dealkylation sites (N-methyl/N-ethyl adjacent to an activating group) is 7. The van der Waals surface area contributed by atoms with E-state index in [9.17, 15) is 43.5 Å². The van der Waals surface area contributed by atoms with Crippen LogP contribution in [0, 0.1) is 35.5 Å². The number of hydrogen-bond donors (Lipinski definition) is 5. The molecule has 11 amide bonds. The zero-order valence-electron chi connectivity index (χ0n) is 59.7. The summed E-state index contributed by atoms with van der Waals surface area (Å²) in [5.41, 5.74) is -1.58. The van der Waals surface area contributed by atoms with Gasteiger partial charge in [-0.05, 0) is 109 Å². The van der Waals surface area contributed by atoms with Crippen LogP contribution in [0.3, 0.4) is 0 Å². The number of amides is 11. The first-order valence-corrected chi connectivity index (χ1v) is 32.2. The standard InChI is InChI=1S/C66H117N11O14/c1-27-29-30-42(13)54(78)53-58(82)69-46(28-2)61(85)71(19)45(16)60(84)75(23)50(35-66(17,18)91-36-90-26)57(81)70-51(40(9)10)64(88)73(21)48(33-38(5)6)56(80)67-43(14)55(79)68-44(15)59(83)74(22)49(34-39(7)8)63(87)72(20)47(32-31-37(3)4)62(86)76(24)52(41(11)12)65(89)77(53)25/h27,29,37-44,46-54,78H,16,28,30-36H2,1-15,17-26H3,(H,67,80)(H,68,79)(H,69,82)(H,70,81)/b29-27+/t42-,43-,44+,46-,47-,48-,49-,50+,51-,52-,53+,54-/m1/s1. The number of hydrogen-bond acceptors (Lipinski definition) is 14. The minimum absolute atomic E-state index is 0.0550. The second kappa shape index (κ2) is 37.3. The third kappa shape index (κ3) is 23.3. The minimum Gasteiger partial charge on any atom is -0.390 e. The Kier molecular flexibility index (Phi) is 33.8. The number of nitrogens with zero attached hydrogens (tertiary/aromatic N) is 7. The number of carbonyl (C=O) groups is 11. The molecular weight excluding hydrogens is 1170 g/mol. The van der Waals surface area contributed by atoms with E-state index in [1.165, 1.54) is 89.9 Å². The molecule has 91 heavy (non-hydrogen) atoms. The summed E-state index contributed by atoms with van der Waals surface area (Å²) in [6.07, 6.45) is 2.95. The van der Waals surface area contributed by atoms with Crippen molar-refractivity contribution in [3.05, 3.63) is 24.4 Å². The van der Waals surface area contributed by atoms with Gasteiger partial charge in [0.05, 0.1) is 11.7 Å². The fourth-order valence-corrected chi connectivity index (χ4v) is 11.1. The molecule has 520 valence electrons. The lowest BCUT2D eigenvalue weighted by Gasteiger charge is -2.41. The molecule has 1 rings (SSSR count). The first-order valence-electron chi connectivity index (χ1n) is 32.2. The highest BCUT2D eigenvalue weighted by atomic mass is 16.7. The molecule has 0 aliphatic carbocycles. The van der Waals surface area contributed by atoms with E-state index in [0.717, 1.165) is 14.7 Å². The van der Waals surface area contributed by atoms with E-state index in [-0.39, 0.29) is 63.1 Å². The Morgan fingerprint density at radius 2 is 1.05 bits per heavy atom. The van der Waals surface area contributed by atoms with Crippen molar-refractivity contribution in [1.29, 1.82) is 0 Å². The van der Waals surface area contributed by atoms with Crippen molar-refractivity contribution in [2.45, 2.75) is 235 Å². The monoisotopic (exact) mass is 1290 g/mol. The van der Waals surface area contributed by atoms with Crippen molar-refractivity contribution in [2.75, 3.05) is 63.2 Å². The summed E-state index contributed by atoms with van der Waals surface area (Å²) in [6.45, 7) is 33.2. The highest BCUT2D eigenvalue weighted by Gasteiger charge is 2.46. The van der Waals surface area contributed by atoms with Crippen LogP contribution in [0.4, 0.5) is 0 Å². The van der Waals surface area contributed by atoms with Gasteiger partial charge < -0.3 is 70.1 Å². The number of ether oxygens (including phenoxy) is 2. The minimum atomic E-state index is -1.66. The van der Waals surface area contributed by atoms with Gasteiger partial charge in [-0.15, -0.1) is 0 Å². The first kappa shape index (κ1) is 82.5. The Hall–Kier alpha value is -6.47. The Morgan fingerprint density at radius 1 is 0.560 bits per heavy atom. The molecule has 5 N–H and O–H groups in total. The second-order valence-electron chi connectivity index (χ2n) is 27.4. The van der Waals surface area contributed by atoms with Crippen LogP contribution in [0.15, 0.2) is 24.4 Å². The van der Waals surface area contributed by atoms with Crippen molar-refractivity contribution in [3.8, 4) is 0 Å². The van der Waals surface area contributed by atoms with Gasteiger partial charge in [0.1, 0.15) is 72.9 Å². The molecule has 1 fully saturated rings. The van der Waals surface area contributed by atoms with Crippen molar-refractivity contribution >= 4 is 65.0 Å². The molecule has 1 saturated heterocycles. The number of carbonyl (C=O) groups excluding carboxylic acids is 11. The molecule has 25 nitrogen and oxygen atoms in total. The van der Waals surface area contributed by atoms with Crippen LogP contribution in [0.1, 0.15) is 163 Å². The van der Waals surface area contributed by atoms with Gasteiger partial charge in [0.15, 0.2) is 0 Å². The molecule has 0 bridgehead atoms. The predicted molar refractivity (Wildman–Crippen MR) is 350 cm³/mol. The summed E-state index contributed by atoms with van der Waals surface area (Å²) in [4.78, 5) is 170. The van der Waals surface area contributed by atoms with Crippen LogP contribution >= 0.6 is 0 Å². The summed E-state index contributed by atoms with van der Waals surface area (Å²) < 4.78 is 11.1. The molecule has 0 saturated carbocycles. The van der Waals surface area contributed by atoms with Gasteiger partial charge in [-0.1, -0.05) is 102 Å². The normalized spacial score (nSPS) is 26.1. The van der Waals surface area contributed by atoms with Crippen molar-refractivity contribution in [3.63, 3.8) is 0 Å². The average Bonchev–Trinajstić information content (AvgIpc) is 0.908. The van der Waals surface area contributed by atoms with E-state index < -0.39 is 161 Å². The fraction of sp³-hybridized carbons (Fsp3) is 0.773. The van der Waals surface area contributed by atoms with E-state index >= 15 is 14.4 Å². The molecule has 0 aromatic heterocycles. The Bertz CT molecular complexity index is 2540. The van der Waals surface area contributed by atoms with Crippen LogP contribution in [0.2, 0.25) is 0 Å². The lowest BCUT2D eigenvalue weighted by atomic mass is 9.91. The SMILES string of the molecule is C=C1C(=O)N(C)[C@@H](CC(C)(C)OCOC)C(=O)N[C@H](C(C)C)C(=O)N(C)[C@H](CC(C)C)C(=O)N[C@H](C)C(=O)N[C@@H](C)C(=O)N(C)[C@H](CC(C)C)C(=O)N(C)[C@H](CCC(C)C)C(=O)N(C)[C@H](C(C)C)C(=O)N(C)[C@@H]([C@H](O)[C@H](C)C/C=C/C)C(=O)N[C@H](CC)C(=O)N1C. The van der Waals surface area contributed by atoms with E-state index in [1.54, 1.807) is 74.5 Å². The van der Waals surface area contributed by atoms with Crippen LogP contribution in [0.5, 0.6) is 0 Å². The fourth-order valence-electron chi connectivity index (χ4n) is 11.1. The quantitative estimate of drug-likeness (QED) is 0.0696. The van der Waals surface area contributed by atoms with Crippen LogP contribution in [-0.2, 0) is 62.2 Å². The molecule has 25 heteroatoms. The largest absolute Gasteiger partial charge is 0.390 e. The maximum absolute atomic E-state index is 15.3. The average molecular weight is 1290 g/mol. The van der Waals surface area contributed by atoms with Gasteiger partial charge in [-0.3, -0.25) is 52.7 Å². The summed E-state index contributed by atoms with van der Waals surface area (Å²) in [5, 5.41) is 23.1. The second-order valence-corrected chi connectivity index (χ2v) is 27.4. The summed E-state index contributed by atoms with van der Waals surface area (Å²) in [5.74, 6) is -10.3. The smallest absolute Gasteiger partial charge is 0.270 e. The molecule has 1 aliphatic rings.